The number of hydrogen-bond donors (Lipinski definition) is 2. The van der Waals surface area contributed by atoms with Crippen LogP contribution in [-0.4, -0.2) is 61.9 Å². The molecule has 5 aromatic rings. The molecule has 0 bridgehead atoms. The normalized spacial score (nSPS) is 14.1. The molecule has 0 radical (unpaired) electrons. The Morgan fingerprint density at radius 2 is 1.76 bits per heavy atom. The molecule has 2 aromatic carbocycles. The first-order valence-corrected chi connectivity index (χ1v) is 11.1. The van der Waals surface area contributed by atoms with E-state index in [9.17, 15) is 9.59 Å². The summed E-state index contributed by atoms with van der Waals surface area (Å²) in [5, 5.41) is 0.855. The number of carbonyl (C=O) groups is 1. The second-order valence-corrected chi connectivity index (χ2v) is 8.26. The molecule has 0 spiro atoms. The second-order valence-electron chi connectivity index (χ2n) is 8.26. The van der Waals surface area contributed by atoms with Gasteiger partial charge in [-0.15, -0.1) is 0 Å². The van der Waals surface area contributed by atoms with Crippen LogP contribution in [-0.2, 0) is 0 Å². The Hall–Kier alpha value is -4.53. The number of nitrogens with one attached hydrogen (secondary N) is 2. The molecule has 1 aliphatic rings. The van der Waals surface area contributed by atoms with Gasteiger partial charge < -0.3 is 19.8 Å². The first-order valence-electron chi connectivity index (χ1n) is 11.1. The van der Waals surface area contributed by atoms with E-state index in [2.05, 4.69) is 29.8 Å². The van der Waals surface area contributed by atoms with Gasteiger partial charge in [-0.25, -0.2) is 9.97 Å². The van der Waals surface area contributed by atoms with Gasteiger partial charge in [0.1, 0.15) is 5.82 Å². The molecule has 3 aromatic heterocycles. The van der Waals surface area contributed by atoms with Gasteiger partial charge >= 0.3 is 0 Å². The average molecular weight is 451 g/mol. The van der Waals surface area contributed by atoms with Crippen molar-refractivity contribution >= 4 is 33.7 Å². The lowest BCUT2D eigenvalue weighted by Gasteiger charge is -2.35. The number of nitrogens with zero attached hydrogens (tertiary/aromatic N) is 5. The van der Waals surface area contributed by atoms with Crippen molar-refractivity contribution in [2.75, 3.05) is 31.1 Å². The molecule has 1 amide bonds. The van der Waals surface area contributed by atoms with Gasteiger partial charge in [-0.3, -0.25) is 14.6 Å². The summed E-state index contributed by atoms with van der Waals surface area (Å²) < 4.78 is 0. The summed E-state index contributed by atoms with van der Waals surface area (Å²) in [6.45, 7) is 2.64. The zero-order chi connectivity index (χ0) is 23.1. The van der Waals surface area contributed by atoms with Crippen molar-refractivity contribution in [3.63, 3.8) is 0 Å². The largest absolute Gasteiger partial charge is 0.353 e. The van der Waals surface area contributed by atoms with Crippen LogP contribution in [0.3, 0.4) is 0 Å². The summed E-state index contributed by atoms with van der Waals surface area (Å²) in [4.78, 5) is 48.9. The molecule has 1 saturated heterocycles. The van der Waals surface area contributed by atoms with Gasteiger partial charge in [-0.1, -0.05) is 12.1 Å². The number of fused-ring (bicyclic) bond motifs is 2. The molecule has 9 nitrogen and oxygen atoms in total. The van der Waals surface area contributed by atoms with Crippen LogP contribution in [0.4, 0.5) is 5.82 Å². The number of rotatable bonds is 3. The zero-order valence-corrected chi connectivity index (χ0v) is 18.2. The van der Waals surface area contributed by atoms with E-state index < -0.39 is 0 Å². The minimum Gasteiger partial charge on any atom is -0.353 e. The molecule has 34 heavy (non-hydrogen) atoms. The van der Waals surface area contributed by atoms with E-state index in [-0.39, 0.29) is 11.5 Å². The molecule has 0 atom stereocenters. The van der Waals surface area contributed by atoms with Gasteiger partial charge in [0.15, 0.2) is 5.69 Å². The maximum absolute atomic E-state index is 13.2. The minimum atomic E-state index is -0.262. The summed E-state index contributed by atoms with van der Waals surface area (Å²) >= 11 is 0. The third-order valence-electron chi connectivity index (χ3n) is 6.16. The predicted octanol–water partition coefficient (Wildman–Crippen LogP) is 2.82. The first kappa shape index (κ1) is 20.1. The maximum Gasteiger partial charge on any atom is 0.276 e. The van der Waals surface area contributed by atoms with Crippen LogP contribution >= 0.6 is 0 Å². The number of H-pyrrole nitrogens is 2. The Kier molecular flexibility index (Phi) is 4.80. The van der Waals surface area contributed by atoms with E-state index in [0.29, 0.717) is 54.2 Å². The van der Waals surface area contributed by atoms with Gasteiger partial charge in [0.05, 0.1) is 22.9 Å². The molecule has 168 valence electrons. The third-order valence-corrected chi connectivity index (χ3v) is 6.16. The van der Waals surface area contributed by atoms with Crippen LogP contribution in [0.2, 0.25) is 0 Å². The minimum absolute atomic E-state index is 0.00915. The van der Waals surface area contributed by atoms with Crippen LogP contribution in [0, 0.1) is 0 Å². The molecule has 1 fully saturated rings. The molecule has 4 heterocycles. The van der Waals surface area contributed by atoms with Crippen LogP contribution in [0.25, 0.3) is 33.3 Å². The molecular weight excluding hydrogens is 430 g/mol. The number of hydrogen-bond acceptors (Lipinski definition) is 6. The highest BCUT2D eigenvalue weighted by Crippen LogP contribution is 2.24. The second kappa shape index (κ2) is 8.11. The third kappa shape index (κ3) is 3.57. The molecule has 2 N–H and O–H groups in total. The number of anilines is 1. The summed E-state index contributed by atoms with van der Waals surface area (Å²) in [6, 6.07) is 14.8. The van der Waals surface area contributed by atoms with E-state index in [4.69, 9.17) is 0 Å². The van der Waals surface area contributed by atoms with Gasteiger partial charge in [0.2, 0.25) is 0 Å². The number of aromatic nitrogens is 5. The number of piperazine rings is 1. The summed E-state index contributed by atoms with van der Waals surface area (Å²) in [5.74, 6) is 0.818. The standard InChI is InChI=1S/C25H21N7O2/c33-24-23(29-19-3-1-2-4-20(19)30-24)21-14-17-13-16(5-6-18(17)28-21)25(34)32-11-9-31(10-12-32)22-15-26-7-8-27-22/h1-8,13-15,28H,9-12H2,(H,30,33). The van der Waals surface area contributed by atoms with Crippen molar-refractivity contribution in [1.82, 2.24) is 29.8 Å². The van der Waals surface area contributed by atoms with Crippen molar-refractivity contribution in [3.8, 4) is 11.4 Å². The molecule has 0 unspecified atom stereocenters. The predicted molar refractivity (Wildman–Crippen MR) is 130 cm³/mol. The average Bonchev–Trinajstić information content (AvgIpc) is 3.31. The Morgan fingerprint density at radius 3 is 2.59 bits per heavy atom. The van der Waals surface area contributed by atoms with E-state index in [1.165, 1.54) is 0 Å². The molecular formula is C25H21N7O2. The summed E-state index contributed by atoms with van der Waals surface area (Å²) in [5.41, 5.74) is 3.54. The van der Waals surface area contributed by atoms with Gasteiger partial charge in [-0.2, -0.15) is 0 Å². The highest BCUT2D eigenvalue weighted by Gasteiger charge is 2.23. The molecule has 9 heteroatoms. The quantitative estimate of drug-likeness (QED) is 0.436. The Labute approximate surface area is 194 Å². The zero-order valence-electron chi connectivity index (χ0n) is 18.2. The van der Waals surface area contributed by atoms with Gasteiger partial charge in [-0.05, 0) is 36.4 Å². The van der Waals surface area contributed by atoms with Crippen LogP contribution in [0.15, 0.2) is 71.9 Å². The van der Waals surface area contributed by atoms with Crippen molar-refractivity contribution < 1.29 is 4.79 Å². The van der Waals surface area contributed by atoms with Crippen molar-refractivity contribution in [2.45, 2.75) is 0 Å². The van der Waals surface area contributed by atoms with Crippen molar-refractivity contribution in [1.29, 1.82) is 0 Å². The van der Waals surface area contributed by atoms with Crippen molar-refractivity contribution in [2.24, 2.45) is 0 Å². The van der Waals surface area contributed by atoms with Crippen LogP contribution in [0.5, 0.6) is 0 Å². The Bertz CT molecular complexity index is 1570. The highest BCUT2D eigenvalue weighted by atomic mass is 16.2. The van der Waals surface area contributed by atoms with E-state index >= 15 is 0 Å². The maximum atomic E-state index is 13.2. The van der Waals surface area contributed by atoms with E-state index in [0.717, 1.165) is 16.7 Å². The van der Waals surface area contributed by atoms with E-state index in [1.54, 1.807) is 18.6 Å². The number of amides is 1. The van der Waals surface area contributed by atoms with Crippen LogP contribution < -0.4 is 10.5 Å². The Balaban J connectivity index is 1.24. The smallest absolute Gasteiger partial charge is 0.276 e. The highest BCUT2D eigenvalue weighted by molar-refractivity contribution is 5.99. The summed E-state index contributed by atoms with van der Waals surface area (Å²) in [7, 11) is 0. The number of carbonyl (C=O) groups excluding carboxylic acids is 1. The topological polar surface area (TPSA) is 111 Å². The molecule has 0 aliphatic carbocycles. The fraction of sp³-hybridized carbons (Fsp3) is 0.160. The lowest BCUT2D eigenvalue weighted by Crippen LogP contribution is -2.49. The summed E-state index contributed by atoms with van der Waals surface area (Å²) in [6.07, 6.45) is 5.07. The SMILES string of the molecule is O=C(c1ccc2[nH]c(-c3nc4ccccc4[nH]c3=O)cc2c1)N1CCN(c2cnccn2)CC1. The molecule has 0 saturated carbocycles. The number of benzene rings is 2. The van der Waals surface area contributed by atoms with Gasteiger partial charge in [0, 0.05) is 55.0 Å². The number of para-hydroxylation sites is 2. The lowest BCUT2D eigenvalue weighted by molar-refractivity contribution is 0.0746. The fourth-order valence-corrected chi connectivity index (χ4v) is 4.38. The molecule has 1 aliphatic heterocycles. The van der Waals surface area contributed by atoms with Crippen molar-refractivity contribution in [3.05, 3.63) is 83.0 Å². The first-order chi connectivity index (χ1) is 16.7. The van der Waals surface area contributed by atoms with Gasteiger partial charge in [0.25, 0.3) is 11.5 Å². The van der Waals surface area contributed by atoms with E-state index in [1.807, 2.05) is 53.4 Å². The Morgan fingerprint density at radius 1 is 0.912 bits per heavy atom. The molecule has 6 rings (SSSR count). The lowest BCUT2D eigenvalue weighted by atomic mass is 10.1. The number of aromatic amines is 2. The van der Waals surface area contributed by atoms with Crippen LogP contribution in [0.1, 0.15) is 10.4 Å². The fourth-order valence-electron chi connectivity index (χ4n) is 4.38. The monoisotopic (exact) mass is 451 g/mol.